The first-order valence-corrected chi connectivity index (χ1v) is 9.67. The molecule has 1 amide bonds. The minimum Gasteiger partial charge on any atom is -0.350 e. The third kappa shape index (κ3) is 3.67. The summed E-state index contributed by atoms with van der Waals surface area (Å²) in [4.78, 5) is 12.3. The number of carbonyl (C=O) groups excluding carboxylic acids is 1. The second kappa shape index (κ2) is 7.37. The van der Waals surface area contributed by atoms with Crippen LogP contribution < -0.4 is 5.32 Å². The number of benzene rings is 1. The number of carbonyl (C=O) groups is 1. The molecule has 134 valence electrons. The van der Waals surface area contributed by atoms with Gasteiger partial charge in [0.05, 0.1) is 0 Å². The molecule has 0 radical (unpaired) electrons. The molecule has 1 saturated carbocycles. The SMILES string of the molecule is CCc1nnc(C[C@H]2C[C@@H](NC(=O)c3cc(-c4ccccc4)no3)C2)s1. The van der Waals surface area contributed by atoms with E-state index in [2.05, 4.69) is 27.6 Å². The van der Waals surface area contributed by atoms with Gasteiger partial charge in [-0.15, -0.1) is 21.5 Å². The van der Waals surface area contributed by atoms with Gasteiger partial charge < -0.3 is 9.84 Å². The van der Waals surface area contributed by atoms with E-state index < -0.39 is 0 Å². The fourth-order valence-electron chi connectivity index (χ4n) is 3.16. The minimum absolute atomic E-state index is 0.191. The van der Waals surface area contributed by atoms with Crippen LogP contribution in [0.1, 0.15) is 40.3 Å². The number of aromatic nitrogens is 3. The Balaban J connectivity index is 1.28. The Hall–Kier alpha value is -2.54. The zero-order chi connectivity index (χ0) is 17.9. The first kappa shape index (κ1) is 16.9. The van der Waals surface area contributed by atoms with Crippen LogP contribution in [0.5, 0.6) is 0 Å². The highest BCUT2D eigenvalue weighted by atomic mass is 32.1. The van der Waals surface area contributed by atoms with Gasteiger partial charge in [0.15, 0.2) is 0 Å². The predicted molar refractivity (Wildman–Crippen MR) is 98.9 cm³/mol. The molecule has 0 aliphatic heterocycles. The van der Waals surface area contributed by atoms with Crippen molar-refractivity contribution in [2.75, 3.05) is 0 Å². The average molecular weight is 368 g/mol. The summed E-state index contributed by atoms with van der Waals surface area (Å²) in [5.74, 6) is 0.615. The van der Waals surface area contributed by atoms with Crippen molar-refractivity contribution in [2.24, 2.45) is 5.92 Å². The smallest absolute Gasteiger partial charge is 0.290 e. The first-order valence-electron chi connectivity index (χ1n) is 8.85. The zero-order valence-corrected chi connectivity index (χ0v) is 15.3. The monoisotopic (exact) mass is 368 g/mol. The second-order valence-electron chi connectivity index (χ2n) is 6.60. The highest BCUT2D eigenvalue weighted by molar-refractivity contribution is 7.11. The van der Waals surface area contributed by atoms with Crippen molar-refractivity contribution >= 4 is 17.2 Å². The number of nitrogens with zero attached hydrogens (tertiary/aromatic N) is 3. The van der Waals surface area contributed by atoms with Gasteiger partial charge in [-0.2, -0.15) is 0 Å². The van der Waals surface area contributed by atoms with E-state index in [1.165, 1.54) is 0 Å². The molecule has 1 aliphatic carbocycles. The number of hydrogen-bond acceptors (Lipinski definition) is 6. The van der Waals surface area contributed by atoms with E-state index in [1.807, 2.05) is 30.3 Å². The van der Waals surface area contributed by atoms with Crippen molar-refractivity contribution in [1.82, 2.24) is 20.7 Å². The van der Waals surface area contributed by atoms with Crippen LogP contribution in [-0.2, 0) is 12.8 Å². The molecule has 3 aromatic rings. The van der Waals surface area contributed by atoms with Gasteiger partial charge in [-0.1, -0.05) is 42.4 Å². The maximum atomic E-state index is 12.3. The second-order valence-corrected chi connectivity index (χ2v) is 7.74. The topological polar surface area (TPSA) is 80.9 Å². The molecular formula is C19H20N4O2S. The minimum atomic E-state index is -0.202. The van der Waals surface area contributed by atoms with E-state index in [9.17, 15) is 4.79 Å². The van der Waals surface area contributed by atoms with Gasteiger partial charge in [0.1, 0.15) is 15.7 Å². The molecule has 6 nitrogen and oxygen atoms in total. The quantitative estimate of drug-likeness (QED) is 0.720. The molecule has 1 N–H and O–H groups in total. The van der Waals surface area contributed by atoms with E-state index in [1.54, 1.807) is 17.4 Å². The molecule has 2 heterocycles. The Labute approximate surface area is 155 Å². The standard InChI is InChI=1S/C19H20N4O2S/c1-2-17-21-22-18(26-17)10-12-8-14(9-12)20-19(24)16-11-15(23-25-16)13-6-4-3-5-7-13/h3-7,11-12,14H,2,8-10H2,1H3,(H,20,24)/t12-,14+. The van der Waals surface area contributed by atoms with E-state index in [0.717, 1.165) is 41.3 Å². The van der Waals surface area contributed by atoms with Gasteiger partial charge in [0.2, 0.25) is 5.76 Å². The Morgan fingerprint density at radius 1 is 1.23 bits per heavy atom. The van der Waals surface area contributed by atoms with Crippen LogP contribution >= 0.6 is 11.3 Å². The molecule has 2 aromatic heterocycles. The Kier molecular flexibility index (Phi) is 4.79. The van der Waals surface area contributed by atoms with Crippen molar-refractivity contribution in [3.63, 3.8) is 0 Å². The van der Waals surface area contributed by atoms with Crippen molar-refractivity contribution in [3.05, 3.63) is 52.2 Å². The largest absolute Gasteiger partial charge is 0.350 e. The lowest BCUT2D eigenvalue weighted by Crippen LogP contribution is -2.44. The maximum absolute atomic E-state index is 12.3. The van der Waals surface area contributed by atoms with Crippen molar-refractivity contribution in [3.8, 4) is 11.3 Å². The van der Waals surface area contributed by atoms with Gasteiger partial charge in [-0.25, -0.2) is 0 Å². The van der Waals surface area contributed by atoms with Gasteiger partial charge >= 0.3 is 0 Å². The average Bonchev–Trinajstić information content (AvgIpc) is 3.30. The molecule has 1 aromatic carbocycles. The molecule has 4 rings (SSSR count). The highest BCUT2D eigenvalue weighted by Crippen LogP contribution is 2.31. The van der Waals surface area contributed by atoms with E-state index in [-0.39, 0.29) is 17.7 Å². The molecular weight excluding hydrogens is 348 g/mol. The van der Waals surface area contributed by atoms with E-state index in [0.29, 0.717) is 11.6 Å². The zero-order valence-electron chi connectivity index (χ0n) is 14.5. The van der Waals surface area contributed by atoms with Crippen molar-refractivity contribution in [1.29, 1.82) is 0 Å². The highest BCUT2D eigenvalue weighted by Gasteiger charge is 2.32. The molecule has 26 heavy (non-hydrogen) atoms. The summed E-state index contributed by atoms with van der Waals surface area (Å²) in [5.41, 5.74) is 1.60. The molecule has 7 heteroatoms. The Morgan fingerprint density at radius 2 is 2.00 bits per heavy atom. The molecule has 0 bridgehead atoms. The summed E-state index contributed by atoms with van der Waals surface area (Å²) < 4.78 is 5.21. The predicted octanol–water partition coefficient (Wildman–Crippen LogP) is 3.51. The summed E-state index contributed by atoms with van der Waals surface area (Å²) >= 11 is 1.69. The van der Waals surface area contributed by atoms with E-state index >= 15 is 0 Å². The van der Waals surface area contributed by atoms with Crippen LogP contribution in [0.15, 0.2) is 40.9 Å². The van der Waals surface area contributed by atoms with Crippen LogP contribution in [0.2, 0.25) is 0 Å². The summed E-state index contributed by atoms with van der Waals surface area (Å²) in [6.45, 7) is 2.09. The lowest BCUT2D eigenvalue weighted by atomic mass is 9.78. The molecule has 1 aliphatic rings. The molecule has 0 spiro atoms. The fraction of sp³-hybridized carbons (Fsp3) is 0.368. The summed E-state index contributed by atoms with van der Waals surface area (Å²) in [7, 11) is 0. The molecule has 0 unspecified atom stereocenters. The van der Waals surface area contributed by atoms with Gasteiger partial charge in [0, 0.05) is 24.1 Å². The lowest BCUT2D eigenvalue weighted by Gasteiger charge is -2.35. The maximum Gasteiger partial charge on any atom is 0.290 e. The van der Waals surface area contributed by atoms with E-state index in [4.69, 9.17) is 4.52 Å². The normalized spacial score (nSPS) is 19.1. The number of hydrogen-bond donors (Lipinski definition) is 1. The number of amides is 1. The van der Waals surface area contributed by atoms with Crippen molar-refractivity contribution in [2.45, 2.75) is 38.6 Å². The van der Waals surface area contributed by atoms with Crippen LogP contribution in [0.4, 0.5) is 0 Å². The van der Waals surface area contributed by atoms with Crippen molar-refractivity contribution < 1.29 is 9.32 Å². The van der Waals surface area contributed by atoms with Gasteiger partial charge in [-0.3, -0.25) is 4.79 Å². The lowest BCUT2D eigenvalue weighted by molar-refractivity contribution is 0.0852. The fourth-order valence-corrected chi connectivity index (χ4v) is 4.06. The third-order valence-corrected chi connectivity index (χ3v) is 5.74. The van der Waals surface area contributed by atoms with Crippen LogP contribution in [-0.4, -0.2) is 27.3 Å². The Bertz CT molecular complexity index is 884. The van der Waals surface area contributed by atoms with Crippen LogP contribution in [0, 0.1) is 5.92 Å². The van der Waals surface area contributed by atoms with Gasteiger partial charge in [-0.05, 0) is 25.2 Å². The number of aryl methyl sites for hydroxylation is 1. The Morgan fingerprint density at radius 3 is 2.73 bits per heavy atom. The summed E-state index contributed by atoms with van der Waals surface area (Å²) in [6, 6.07) is 11.6. The first-order chi connectivity index (χ1) is 12.7. The molecule has 0 atom stereocenters. The van der Waals surface area contributed by atoms with Crippen LogP contribution in [0.25, 0.3) is 11.3 Å². The summed E-state index contributed by atoms with van der Waals surface area (Å²) in [5, 5.41) is 17.6. The van der Waals surface area contributed by atoms with Gasteiger partial charge in [0.25, 0.3) is 5.91 Å². The molecule has 1 fully saturated rings. The molecule has 0 saturated heterocycles. The summed E-state index contributed by atoms with van der Waals surface area (Å²) in [6.07, 6.45) is 3.81. The van der Waals surface area contributed by atoms with Crippen LogP contribution in [0.3, 0.4) is 0 Å². The number of rotatable bonds is 6. The number of nitrogens with one attached hydrogen (secondary N) is 1. The third-order valence-electron chi connectivity index (χ3n) is 4.65.